The molecule has 0 heterocycles. The molecule has 0 saturated carbocycles. The van der Waals surface area contributed by atoms with Crippen LogP contribution in [0.15, 0.2) is 24.3 Å². The smallest absolute Gasteiger partial charge is 0.242 e. The summed E-state index contributed by atoms with van der Waals surface area (Å²) in [5, 5.41) is 2.35. The standard InChI is InChI=1S/C13H18ClNO/c1-9(2)8-12(14)13(16)15-11-6-4-10(3)5-7-11/h4-7,9,12H,8H2,1-3H3,(H,15,16). The zero-order valence-electron chi connectivity index (χ0n) is 9.96. The Balaban J connectivity index is 2.54. The predicted molar refractivity (Wildman–Crippen MR) is 68.9 cm³/mol. The first-order chi connectivity index (χ1) is 7.49. The van der Waals surface area contributed by atoms with Crippen LogP contribution in [-0.4, -0.2) is 11.3 Å². The molecule has 0 aliphatic rings. The van der Waals surface area contributed by atoms with Gasteiger partial charge in [-0.15, -0.1) is 11.6 Å². The molecule has 2 nitrogen and oxygen atoms in total. The van der Waals surface area contributed by atoms with Crippen molar-refractivity contribution in [2.24, 2.45) is 5.92 Å². The summed E-state index contributed by atoms with van der Waals surface area (Å²) in [6.07, 6.45) is 0.694. The number of alkyl halides is 1. The number of benzene rings is 1. The van der Waals surface area contributed by atoms with Crippen LogP contribution in [0.3, 0.4) is 0 Å². The van der Waals surface area contributed by atoms with Gasteiger partial charge in [0.2, 0.25) is 5.91 Å². The molecule has 1 N–H and O–H groups in total. The van der Waals surface area contributed by atoms with Gasteiger partial charge < -0.3 is 5.32 Å². The second kappa shape index (κ2) is 5.90. The van der Waals surface area contributed by atoms with Gasteiger partial charge in [-0.25, -0.2) is 0 Å². The van der Waals surface area contributed by atoms with Gasteiger partial charge in [-0.1, -0.05) is 31.5 Å². The molecular formula is C13H18ClNO. The number of hydrogen-bond donors (Lipinski definition) is 1. The van der Waals surface area contributed by atoms with Crippen LogP contribution in [0.25, 0.3) is 0 Å². The van der Waals surface area contributed by atoms with Crippen LogP contribution in [0.2, 0.25) is 0 Å². The summed E-state index contributed by atoms with van der Waals surface area (Å²) >= 11 is 6.00. The van der Waals surface area contributed by atoms with Crippen molar-refractivity contribution < 1.29 is 4.79 Å². The molecule has 0 spiro atoms. The summed E-state index contributed by atoms with van der Waals surface area (Å²) in [6.45, 7) is 6.11. The fraction of sp³-hybridized carbons (Fsp3) is 0.462. The van der Waals surface area contributed by atoms with E-state index < -0.39 is 5.38 Å². The quantitative estimate of drug-likeness (QED) is 0.800. The zero-order valence-corrected chi connectivity index (χ0v) is 10.7. The SMILES string of the molecule is Cc1ccc(NC(=O)C(Cl)CC(C)C)cc1. The maximum Gasteiger partial charge on any atom is 0.242 e. The molecule has 3 heteroatoms. The van der Waals surface area contributed by atoms with Crippen LogP contribution in [0, 0.1) is 12.8 Å². The fourth-order valence-corrected chi connectivity index (χ4v) is 1.79. The summed E-state index contributed by atoms with van der Waals surface area (Å²) < 4.78 is 0. The van der Waals surface area contributed by atoms with Gasteiger partial charge in [0, 0.05) is 5.69 Å². The summed E-state index contributed by atoms with van der Waals surface area (Å²) in [5.41, 5.74) is 1.97. The Morgan fingerprint density at radius 2 is 1.88 bits per heavy atom. The van der Waals surface area contributed by atoms with E-state index in [0.29, 0.717) is 12.3 Å². The number of hydrogen-bond acceptors (Lipinski definition) is 1. The van der Waals surface area contributed by atoms with Crippen molar-refractivity contribution >= 4 is 23.2 Å². The fourth-order valence-electron chi connectivity index (χ4n) is 1.38. The largest absolute Gasteiger partial charge is 0.325 e. The van der Waals surface area contributed by atoms with Crippen molar-refractivity contribution in [2.45, 2.75) is 32.6 Å². The van der Waals surface area contributed by atoms with Gasteiger partial charge in [0.15, 0.2) is 0 Å². The maximum absolute atomic E-state index is 11.7. The van der Waals surface area contributed by atoms with Gasteiger partial charge in [0.05, 0.1) is 0 Å². The van der Waals surface area contributed by atoms with E-state index in [-0.39, 0.29) is 5.91 Å². The first-order valence-corrected chi connectivity index (χ1v) is 5.94. The lowest BCUT2D eigenvalue weighted by atomic mass is 10.1. The second-order valence-corrected chi connectivity index (χ2v) is 4.98. The Morgan fingerprint density at radius 1 is 1.31 bits per heavy atom. The molecule has 0 radical (unpaired) electrons. The van der Waals surface area contributed by atoms with E-state index in [2.05, 4.69) is 19.2 Å². The van der Waals surface area contributed by atoms with Gasteiger partial charge in [-0.05, 0) is 31.4 Å². The number of carbonyl (C=O) groups excluding carboxylic acids is 1. The van der Waals surface area contributed by atoms with E-state index in [4.69, 9.17) is 11.6 Å². The lowest BCUT2D eigenvalue weighted by Gasteiger charge is -2.12. The van der Waals surface area contributed by atoms with E-state index in [1.807, 2.05) is 31.2 Å². The normalized spacial score (nSPS) is 12.6. The molecule has 1 amide bonds. The number of amides is 1. The monoisotopic (exact) mass is 239 g/mol. The minimum Gasteiger partial charge on any atom is -0.325 e. The van der Waals surface area contributed by atoms with Gasteiger partial charge in [-0.3, -0.25) is 4.79 Å². The van der Waals surface area contributed by atoms with E-state index in [9.17, 15) is 4.79 Å². The Morgan fingerprint density at radius 3 is 2.38 bits per heavy atom. The van der Waals surface area contributed by atoms with Crippen LogP contribution in [0.5, 0.6) is 0 Å². The molecule has 1 atom stereocenters. The highest BCUT2D eigenvalue weighted by atomic mass is 35.5. The second-order valence-electron chi connectivity index (χ2n) is 4.45. The highest BCUT2D eigenvalue weighted by molar-refractivity contribution is 6.32. The van der Waals surface area contributed by atoms with Crippen molar-refractivity contribution in [1.82, 2.24) is 0 Å². The highest BCUT2D eigenvalue weighted by Gasteiger charge is 2.16. The van der Waals surface area contributed by atoms with Crippen molar-refractivity contribution in [3.05, 3.63) is 29.8 Å². The van der Waals surface area contributed by atoms with Crippen LogP contribution >= 0.6 is 11.6 Å². The molecule has 1 aromatic carbocycles. The molecule has 1 aromatic rings. The molecule has 0 aliphatic heterocycles. The zero-order chi connectivity index (χ0) is 12.1. The topological polar surface area (TPSA) is 29.1 Å². The van der Waals surface area contributed by atoms with Crippen LogP contribution in [0.1, 0.15) is 25.8 Å². The molecule has 0 aromatic heterocycles. The average Bonchev–Trinajstić information content (AvgIpc) is 2.20. The van der Waals surface area contributed by atoms with Crippen molar-refractivity contribution in [1.29, 1.82) is 0 Å². The molecule has 1 rings (SSSR count). The molecule has 0 aliphatic carbocycles. The van der Waals surface area contributed by atoms with E-state index in [1.54, 1.807) is 0 Å². The summed E-state index contributed by atoms with van der Waals surface area (Å²) in [7, 11) is 0. The average molecular weight is 240 g/mol. The number of carbonyl (C=O) groups is 1. The van der Waals surface area contributed by atoms with Crippen molar-refractivity contribution in [3.8, 4) is 0 Å². The summed E-state index contributed by atoms with van der Waals surface area (Å²) in [6, 6.07) is 7.68. The molecule has 16 heavy (non-hydrogen) atoms. The van der Waals surface area contributed by atoms with E-state index in [0.717, 1.165) is 5.69 Å². The Hall–Kier alpha value is -1.02. The van der Waals surface area contributed by atoms with Gasteiger partial charge in [0.25, 0.3) is 0 Å². The van der Waals surface area contributed by atoms with Gasteiger partial charge in [0.1, 0.15) is 5.38 Å². The predicted octanol–water partition coefficient (Wildman–Crippen LogP) is 3.59. The third kappa shape index (κ3) is 4.23. The van der Waals surface area contributed by atoms with Crippen LogP contribution in [-0.2, 0) is 4.79 Å². The Kier molecular flexibility index (Phi) is 4.81. The minimum absolute atomic E-state index is 0.126. The lowest BCUT2D eigenvalue weighted by Crippen LogP contribution is -2.24. The Bertz CT molecular complexity index is 345. The van der Waals surface area contributed by atoms with E-state index >= 15 is 0 Å². The molecule has 88 valence electrons. The molecule has 0 fully saturated rings. The third-order valence-corrected chi connectivity index (χ3v) is 2.66. The van der Waals surface area contributed by atoms with Gasteiger partial charge >= 0.3 is 0 Å². The maximum atomic E-state index is 11.7. The third-order valence-electron chi connectivity index (χ3n) is 2.28. The van der Waals surface area contributed by atoms with Crippen molar-refractivity contribution in [2.75, 3.05) is 5.32 Å². The van der Waals surface area contributed by atoms with Gasteiger partial charge in [-0.2, -0.15) is 0 Å². The van der Waals surface area contributed by atoms with Crippen LogP contribution < -0.4 is 5.32 Å². The number of aryl methyl sites for hydroxylation is 1. The van der Waals surface area contributed by atoms with E-state index in [1.165, 1.54) is 5.56 Å². The highest BCUT2D eigenvalue weighted by Crippen LogP contribution is 2.14. The molecular weight excluding hydrogens is 222 g/mol. The summed E-state index contributed by atoms with van der Waals surface area (Å²) in [5.74, 6) is 0.297. The lowest BCUT2D eigenvalue weighted by molar-refractivity contribution is -0.116. The first kappa shape index (κ1) is 13.0. The molecule has 1 unspecified atom stereocenters. The first-order valence-electron chi connectivity index (χ1n) is 5.50. The number of nitrogens with one attached hydrogen (secondary N) is 1. The Labute approximate surface area is 102 Å². The van der Waals surface area contributed by atoms with Crippen LogP contribution in [0.4, 0.5) is 5.69 Å². The summed E-state index contributed by atoms with van der Waals surface area (Å²) in [4.78, 5) is 11.7. The minimum atomic E-state index is -0.457. The molecule has 0 bridgehead atoms. The number of rotatable bonds is 4. The number of anilines is 1. The number of halogens is 1. The molecule has 0 saturated heterocycles. The van der Waals surface area contributed by atoms with Crippen molar-refractivity contribution in [3.63, 3.8) is 0 Å².